The third-order valence-electron chi connectivity index (χ3n) is 3.82. The van der Waals surface area contributed by atoms with Gasteiger partial charge in [-0.25, -0.2) is 0 Å². The van der Waals surface area contributed by atoms with Gasteiger partial charge < -0.3 is 10.2 Å². The van der Waals surface area contributed by atoms with Crippen LogP contribution in [-0.2, 0) is 4.79 Å². The van der Waals surface area contributed by atoms with Crippen LogP contribution in [0.2, 0.25) is 0 Å². The second-order valence-electron chi connectivity index (χ2n) is 5.87. The lowest BCUT2D eigenvalue weighted by Gasteiger charge is -2.17. The Morgan fingerprint density at radius 1 is 0.957 bits per heavy atom. The first-order chi connectivity index (χ1) is 10.9. The zero-order chi connectivity index (χ0) is 17.0. The molecule has 0 unspecified atom stereocenters. The lowest BCUT2D eigenvalue weighted by Crippen LogP contribution is -2.35. The summed E-state index contributed by atoms with van der Waals surface area (Å²) in [4.78, 5) is 25.9. The Morgan fingerprint density at radius 2 is 1.61 bits per heavy atom. The van der Waals surface area contributed by atoms with E-state index in [1.807, 2.05) is 57.2 Å². The van der Waals surface area contributed by atoms with Crippen molar-refractivity contribution in [1.29, 1.82) is 0 Å². The number of benzene rings is 2. The van der Waals surface area contributed by atoms with Crippen molar-refractivity contribution in [2.75, 3.05) is 18.9 Å². The Labute approximate surface area is 137 Å². The fourth-order valence-corrected chi connectivity index (χ4v) is 2.22. The molecular formula is C19H22N2O2. The molecule has 120 valence electrons. The van der Waals surface area contributed by atoms with E-state index >= 15 is 0 Å². The highest BCUT2D eigenvalue weighted by molar-refractivity contribution is 5.99. The van der Waals surface area contributed by atoms with E-state index < -0.39 is 0 Å². The number of amides is 2. The summed E-state index contributed by atoms with van der Waals surface area (Å²) in [6.07, 6.45) is 0. The molecule has 0 spiro atoms. The molecule has 0 bridgehead atoms. The zero-order valence-corrected chi connectivity index (χ0v) is 14.0. The lowest BCUT2D eigenvalue weighted by atomic mass is 10.1. The van der Waals surface area contributed by atoms with E-state index in [0.29, 0.717) is 5.56 Å². The van der Waals surface area contributed by atoms with Gasteiger partial charge in [0.1, 0.15) is 0 Å². The molecule has 2 rings (SSSR count). The Kier molecular flexibility index (Phi) is 5.16. The molecule has 4 heteroatoms. The van der Waals surface area contributed by atoms with Crippen LogP contribution in [0.15, 0.2) is 42.5 Å². The van der Waals surface area contributed by atoms with Crippen molar-refractivity contribution < 1.29 is 9.59 Å². The number of nitrogens with one attached hydrogen (secondary N) is 1. The number of aryl methyl sites for hydroxylation is 3. The molecule has 0 saturated heterocycles. The molecular weight excluding hydrogens is 288 g/mol. The van der Waals surface area contributed by atoms with E-state index in [-0.39, 0.29) is 18.4 Å². The van der Waals surface area contributed by atoms with Gasteiger partial charge in [-0.1, -0.05) is 23.8 Å². The highest BCUT2D eigenvalue weighted by atomic mass is 16.2. The summed E-state index contributed by atoms with van der Waals surface area (Å²) in [7, 11) is 1.63. The van der Waals surface area contributed by atoms with Crippen LogP contribution in [0.25, 0.3) is 0 Å². The summed E-state index contributed by atoms with van der Waals surface area (Å²) in [5.74, 6) is -0.374. The van der Waals surface area contributed by atoms with Crippen LogP contribution in [0, 0.1) is 20.8 Å². The van der Waals surface area contributed by atoms with Crippen molar-refractivity contribution >= 4 is 17.5 Å². The summed E-state index contributed by atoms with van der Waals surface area (Å²) >= 11 is 0. The Morgan fingerprint density at radius 3 is 2.22 bits per heavy atom. The minimum absolute atomic E-state index is 0.0135. The summed E-state index contributed by atoms with van der Waals surface area (Å²) < 4.78 is 0. The maximum absolute atomic E-state index is 12.4. The van der Waals surface area contributed by atoms with Gasteiger partial charge >= 0.3 is 0 Å². The van der Waals surface area contributed by atoms with Gasteiger partial charge in [0.05, 0.1) is 6.54 Å². The second kappa shape index (κ2) is 7.09. The average molecular weight is 310 g/mol. The fourth-order valence-electron chi connectivity index (χ4n) is 2.22. The SMILES string of the molecule is Cc1ccc(NC(=O)CN(C)C(=O)c2ccc(C)c(C)c2)cc1. The molecule has 2 amide bonds. The lowest BCUT2D eigenvalue weighted by molar-refractivity contribution is -0.116. The van der Waals surface area contributed by atoms with Crippen molar-refractivity contribution in [3.8, 4) is 0 Å². The molecule has 1 N–H and O–H groups in total. The van der Waals surface area contributed by atoms with Crippen LogP contribution in [0.5, 0.6) is 0 Å². The van der Waals surface area contributed by atoms with Crippen LogP contribution < -0.4 is 5.32 Å². The maximum Gasteiger partial charge on any atom is 0.254 e. The summed E-state index contributed by atoms with van der Waals surface area (Å²) in [5.41, 5.74) is 4.66. The fraction of sp³-hybridized carbons (Fsp3) is 0.263. The molecule has 4 nitrogen and oxygen atoms in total. The first-order valence-corrected chi connectivity index (χ1v) is 7.56. The van der Waals surface area contributed by atoms with E-state index in [1.165, 1.54) is 4.90 Å². The minimum atomic E-state index is -0.214. The number of nitrogens with zero attached hydrogens (tertiary/aromatic N) is 1. The average Bonchev–Trinajstić information content (AvgIpc) is 2.51. The second-order valence-corrected chi connectivity index (χ2v) is 5.87. The molecule has 0 aliphatic heterocycles. The van der Waals surface area contributed by atoms with Gasteiger partial charge in [-0.15, -0.1) is 0 Å². The molecule has 0 heterocycles. The zero-order valence-electron chi connectivity index (χ0n) is 14.0. The largest absolute Gasteiger partial charge is 0.332 e. The molecule has 2 aromatic rings. The van der Waals surface area contributed by atoms with Crippen molar-refractivity contribution in [1.82, 2.24) is 4.90 Å². The first kappa shape index (κ1) is 16.7. The Balaban J connectivity index is 1.98. The van der Waals surface area contributed by atoms with Crippen molar-refractivity contribution in [2.45, 2.75) is 20.8 Å². The van der Waals surface area contributed by atoms with E-state index in [9.17, 15) is 9.59 Å². The minimum Gasteiger partial charge on any atom is -0.332 e. The summed E-state index contributed by atoms with van der Waals surface area (Å²) in [5, 5.41) is 2.79. The normalized spacial score (nSPS) is 10.3. The van der Waals surface area contributed by atoms with Crippen molar-refractivity contribution in [3.05, 3.63) is 64.7 Å². The number of carbonyl (C=O) groups excluding carboxylic acids is 2. The van der Waals surface area contributed by atoms with Crippen LogP contribution in [0.1, 0.15) is 27.0 Å². The number of rotatable bonds is 4. The number of hydrogen-bond acceptors (Lipinski definition) is 2. The van der Waals surface area contributed by atoms with Gasteiger partial charge in [-0.05, 0) is 56.2 Å². The number of likely N-dealkylation sites (N-methyl/N-ethyl adjacent to an activating group) is 1. The van der Waals surface area contributed by atoms with Crippen LogP contribution in [-0.4, -0.2) is 30.3 Å². The third kappa shape index (κ3) is 4.42. The molecule has 23 heavy (non-hydrogen) atoms. The number of carbonyl (C=O) groups is 2. The van der Waals surface area contributed by atoms with Gasteiger partial charge in [0.25, 0.3) is 5.91 Å². The van der Waals surface area contributed by atoms with E-state index in [2.05, 4.69) is 5.32 Å². The molecule has 0 atom stereocenters. The van der Waals surface area contributed by atoms with Gasteiger partial charge in [0, 0.05) is 18.3 Å². The molecule has 0 radical (unpaired) electrons. The van der Waals surface area contributed by atoms with Crippen molar-refractivity contribution in [3.63, 3.8) is 0 Å². The predicted octanol–water partition coefficient (Wildman–Crippen LogP) is 3.32. The molecule has 0 aliphatic carbocycles. The molecule has 2 aromatic carbocycles. The smallest absolute Gasteiger partial charge is 0.254 e. The molecule has 0 aromatic heterocycles. The first-order valence-electron chi connectivity index (χ1n) is 7.56. The van der Waals surface area contributed by atoms with E-state index in [0.717, 1.165) is 22.4 Å². The third-order valence-corrected chi connectivity index (χ3v) is 3.82. The Bertz CT molecular complexity index is 721. The highest BCUT2D eigenvalue weighted by Gasteiger charge is 2.15. The van der Waals surface area contributed by atoms with Gasteiger partial charge in [0.2, 0.25) is 5.91 Å². The standard InChI is InChI=1S/C19H22N2O2/c1-13-5-9-17(10-6-13)20-18(22)12-21(4)19(23)16-8-7-14(2)15(3)11-16/h5-11H,12H2,1-4H3,(H,20,22). The van der Waals surface area contributed by atoms with E-state index in [1.54, 1.807) is 13.1 Å². The maximum atomic E-state index is 12.4. The van der Waals surface area contributed by atoms with Crippen LogP contribution >= 0.6 is 0 Å². The van der Waals surface area contributed by atoms with Crippen molar-refractivity contribution in [2.24, 2.45) is 0 Å². The number of anilines is 1. The highest BCUT2D eigenvalue weighted by Crippen LogP contribution is 2.12. The monoisotopic (exact) mass is 310 g/mol. The predicted molar refractivity (Wildman–Crippen MR) is 92.7 cm³/mol. The number of hydrogen-bond donors (Lipinski definition) is 1. The molecule has 0 aliphatic rings. The van der Waals surface area contributed by atoms with Gasteiger partial charge in [-0.2, -0.15) is 0 Å². The summed E-state index contributed by atoms with van der Waals surface area (Å²) in [6, 6.07) is 13.1. The van der Waals surface area contributed by atoms with E-state index in [4.69, 9.17) is 0 Å². The van der Waals surface area contributed by atoms with Crippen LogP contribution in [0.4, 0.5) is 5.69 Å². The molecule has 0 fully saturated rings. The summed E-state index contributed by atoms with van der Waals surface area (Å²) in [6.45, 7) is 5.97. The van der Waals surface area contributed by atoms with Crippen LogP contribution in [0.3, 0.4) is 0 Å². The van der Waals surface area contributed by atoms with Gasteiger partial charge in [-0.3, -0.25) is 9.59 Å². The van der Waals surface area contributed by atoms with Gasteiger partial charge in [0.15, 0.2) is 0 Å². The Hall–Kier alpha value is -2.62. The topological polar surface area (TPSA) is 49.4 Å². The molecule has 0 saturated carbocycles. The quantitative estimate of drug-likeness (QED) is 0.941.